The first-order chi connectivity index (χ1) is 6.38. The van der Waals surface area contributed by atoms with Gasteiger partial charge in [0.05, 0.1) is 0 Å². The number of rotatable bonds is 0. The van der Waals surface area contributed by atoms with Crippen molar-refractivity contribution in [2.75, 3.05) is 0 Å². The van der Waals surface area contributed by atoms with Gasteiger partial charge in [0.25, 0.3) is 0 Å². The Labute approximate surface area is 76.2 Å². The van der Waals surface area contributed by atoms with Crippen LogP contribution in [0.4, 0.5) is 0 Å². The molecule has 0 bridgehead atoms. The highest BCUT2D eigenvalue weighted by Crippen LogP contribution is 2.24. The van der Waals surface area contributed by atoms with E-state index in [1.165, 1.54) is 11.3 Å². The summed E-state index contributed by atoms with van der Waals surface area (Å²) in [5, 5.41) is 4.27. The van der Waals surface area contributed by atoms with E-state index in [0.29, 0.717) is 6.04 Å². The molecule has 3 rings (SSSR count). The van der Waals surface area contributed by atoms with Gasteiger partial charge in [0.15, 0.2) is 6.20 Å². The van der Waals surface area contributed by atoms with Gasteiger partial charge in [0.2, 0.25) is 6.20 Å². The zero-order valence-electron chi connectivity index (χ0n) is 7.38. The van der Waals surface area contributed by atoms with Gasteiger partial charge in [0.1, 0.15) is 11.7 Å². The van der Waals surface area contributed by atoms with Crippen LogP contribution in [-0.4, -0.2) is 9.90 Å². The summed E-state index contributed by atoms with van der Waals surface area (Å²) in [4.78, 5) is 1.94. The Hall–Kier alpha value is -1.64. The van der Waals surface area contributed by atoms with E-state index < -0.39 is 0 Å². The van der Waals surface area contributed by atoms with Gasteiger partial charge in [-0.15, -0.1) is 4.68 Å². The summed E-state index contributed by atoms with van der Waals surface area (Å²) in [6, 6.07) is 8.77. The molecule has 1 aromatic heterocycles. The van der Waals surface area contributed by atoms with E-state index >= 15 is 0 Å². The van der Waals surface area contributed by atoms with Crippen molar-refractivity contribution in [1.29, 1.82) is 0 Å². The van der Waals surface area contributed by atoms with E-state index in [0.717, 1.165) is 0 Å². The molecular weight excluding hydrogens is 162 g/mol. The Morgan fingerprint density at radius 2 is 2.23 bits per heavy atom. The minimum absolute atomic E-state index is 0.402. The van der Waals surface area contributed by atoms with Gasteiger partial charge >= 0.3 is 0 Å². The highest BCUT2D eigenvalue weighted by Gasteiger charge is 2.30. The molecule has 0 amide bonds. The van der Waals surface area contributed by atoms with Gasteiger partial charge in [-0.2, -0.15) is 0 Å². The van der Waals surface area contributed by atoms with Crippen molar-refractivity contribution in [3.8, 4) is 5.69 Å². The van der Waals surface area contributed by atoms with E-state index in [1.54, 1.807) is 0 Å². The fraction of sp³-hybridized carbons (Fsp3) is 0.200. The minimum atomic E-state index is 0.402. The van der Waals surface area contributed by atoms with Crippen LogP contribution >= 0.6 is 0 Å². The summed E-state index contributed by atoms with van der Waals surface area (Å²) in [6.07, 6.45) is 3.83. The second kappa shape index (κ2) is 2.19. The van der Waals surface area contributed by atoms with Gasteiger partial charge in [0, 0.05) is 10.7 Å². The molecule has 0 saturated heterocycles. The Morgan fingerprint density at radius 3 is 3.15 bits per heavy atom. The molecule has 0 aliphatic carbocycles. The fourth-order valence-electron chi connectivity index (χ4n) is 1.93. The van der Waals surface area contributed by atoms with Crippen LogP contribution in [0, 0.1) is 0 Å². The van der Waals surface area contributed by atoms with Crippen LogP contribution in [0.15, 0.2) is 36.7 Å². The summed E-state index contributed by atoms with van der Waals surface area (Å²) < 4.78 is 2.13. The van der Waals surface area contributed by atoms with Gasteiger partial charge in [-0.05, 0) is 17.8 Å². The third-order valence-corrected chi connectivity index (χ3v) is 2.61. The van der Waals surface area contributed by atoms with E-state index in [2.05, 4.69) is 34.9 Å². The van der Waals surface area contributed by atoms with E-state index in [-0.39, 0.29) is 0 Å². The van der Waals surface area contributed by atoms with Crippen molar-refractivity contribution < 1.29 is 4.68 Å². The number of fused-ring (bicyclic) bond motifs is 3. The summed E-state index contributed by atoms with van der Waals surface area (Å²) >= 11 is 0. The maximum Gasteiger partial charge on any atom is 0.206 e. The molecule has 1 atom stereocenters. The SMILES string of the molecule is CC1c2ccccc2-n2ncc[n+]21. The molecule has 1 unspecified atom stereocenters. The molecule has 0 fully saturated rings. The first-order valence-electron chi connectivity index (χ1n) is 4.42. The zero-order valence-corrected chi connectivity index (χ0v) is 7.38. The number of hydrogen-bond donors (Lipinski definition) is 0. The summed E-state index contributed by atoms with van der Waals surface area (Å²) in [6.45, 7) is 2.18. The number of para-hydroxylation sites is 1. The second-order valence-electron chi connectivity index (χ2n) is 3.32. The molecule has 2 aromatic rings. The Morgan fingerprint density at radius 1 is 1.38 bits per heavy atom. The van der Waals surface area contributed by atoms with Crippen LogP contribution in [0.1, 0.15) is 18.5 Å². The third-order valence-electron chi connectivity index (χ3n) is 2.61. The normalized spacial score (nSPS) is 18.4. The van der Waals surface area contributed by atoms with E-state index in [9.17, 15) is 0 Å². The standard InChI is InChI=1S/C10H10N3/c1-8-9-4-2-3-5-10(9)13-11-6-7-12(8)13/h2-8H,1H3/q+1. The van der Waals surface area contributed by atoms with Crippen molar-refractivity contribution in [1.82, 2.24) is 9.90 Å². The molecule has 2 heterocycles. The van der Waals surface area contributed by atoms with Crippen LogP contribution in [0.2, 0.25) is 0 Å². The van der Waals surface area contributed by atoms with Crippen LogP contribution in [0.25, 0.3) is 5.69 Å². The van der Waals surface area contributed by atoms with Crippen molar-refractivity contribution in [2.24, 2.45) is 0 Å². The first kappa shape index (κ1) is 6.83. The minimum Gasteiger partial charge on any atom is -0.148 e. The molecule has 0 N–H and O–H groups in total. The fourth-order valence-corrected chi connectivity index (χ4v) is 1.93. The van der Waals surface area contributed by atoms with Crippen molar-refractivity contribution in [3.63, 3.8) is 0 Å². The average molecular weight is 172 g/mol. The lowest BCUT2D eigenvalue weighted by atomic mass is 10.1. The number of hydrogen-bond acceptors (Lipinski definition) is 1. The largest absolute Gasteiger partial charge is 0.206 e. The number of benzene rings is 1. The van der Waals surface area contributed by atoms with Crippen LogP contribution in [-0.2, 0) is 0 Å². The molecule has 0 saturated carbocycles. The van der Waals surface area contributed by atoms with Gasteiger partial charge in [-0.1, -0.05) is 18.2 Å². The lowest BCUT2D eigenvalue weighted by Gasteiger charge is -1.97. The van der Waals surface area contributed by atoms with Crippen LogP contribution in [0.5, 0.6) is 0 Å². The molecule has 1 aliphatic rings. The molecular formula is C10H10N3+. The zero-order chi connectivity index (χ0) is 8.84. The maximum atomic E-state index is 4.27. The molecule has 64 valence electrons. The highest BCUT2D eigenvalue weighted by atomic mass is 15.6. The Bertz CT molecular complexity index is 459. The van der Waals surface area contributed by atoms with Crippen LogP contribution < -0.4 is 4.68 Å². The lowest BCUT2D eigenvalue weighted by Crippen LogP contribution is -2.40. The maximum absolute atomic E-state index is 4.27. The van der Waals surface area contributed by atoms with Gasteiger partial charge in [-0.25, -0.2) is 0 Å². The molecule has 3 nitrogen and oxygen atoms in total. The van der Waals surface area contributed by atoms with E-state index in [1.807, 2.05) is 23.3 Å². The summed E-state index contributed by atoms with van der Waals surface area (Å²) in [5.41, 5.74) is 2.54. The molecule has 1 aliphatic heterocycles. The van der Waals surface area contributed by atoms with Crippen LogP contribution in [0.3, 0.4) is 0 Å². The topological polar surface area (TPSA) is 21.7 Å². The molecule has 3 heteroatoms. The van der Waals surface area contributed by atoms with Gasteiger partial charge < -0.3 is 0 Å². The molecule has 13 heavy (non-hydrogen) atoms. The quantitative estimate of drug-likeness (QED) is 0.545. The molecule has 0 spiro atoms. The van der Waals surface area contributed by atoms with E-state index in [4.69, 9.17) is 0 Å². The van der Waals surface area contributed by atoms with Crippen molar-refractivity contribution >= 4 is 0 Å². The number of aromatic nitrogens is 3. The average Bonchev–Trinajstić information content (AvgIpc) is 2.72. The predicted molar refractivity (Wildman–Crippen MR) is 47.6 cm³/mol. The smallest absolute Gasteiger partial charge is 0.148 e. The summed E-state index contributed by atoms with van der Waals surface area (Å²) in [5.74, 6) is 0. The first-order valence-corrected chi connectivity index (χ1v) is 4.42. The monoisotopic (exact) mass is 172 g/mol. The summed E-state index contributed by atoms with van der Waals surface area (Å²) in [7, 11) is 0. The third kappa shape index (κ3) is 0.736. The predicted octanol–water partition coefficient (Wildman–Crippen LogP) is 1.08. The van der Waals surface area contributed by atoms with Crippen molar-refractivity contribution in [3.05, 3.63) is 42.2 Å². The Kier molecular flexibility index (Phi) is 1.15. The highest BCUT2D eigenvalue weighted by molar-refractivity contribution is 5.41. The number of nitrogens with zero attached hydrogens (tertiary/aromatic N) is 3. The lowest BCUT2D eigenvalue weighted by molar-refractivity contribution is -0.774. The van der Waals surface area contributed by atoms with Gasteiger partial charge in [-0.3, -0.25) is 0 Å². The molecule has 1 aromatic carbocycles. The second-order valence-corrected chi connectivity index (χ2v) is 3.32. The Balaban J connectivity index is 2.37. The van der Waals surface area contributed by atoms with Crippen molar-refractivity contribution in [2.45, 2.75) is 13.0 Å². The molecule has 0 radical (unpaired) electrons.